The largest absolute Gasteiger partial charge is 0.342 e. The van der Waals surface area contributed by atoms with Gasteiger partial charge < -0.3 is 4.90 Å². The van der Waals surface area contributed by atoms with Gasteiger partial charge in [0.2, 0.25) is 5.95 Å². The molecule has 2 aliphatic rings. The van der Waals surface area contributed by atoms with Gasteiger partial charge in [-0.3, -0.25) is 9.78 Å². The number of hydrogen-bond donors (Lipinski definition) is 1. The molecule has 0 bridgehead atoms. The minimum atomic E-state index is -0.189. The van der Waals surface area contributed by atoms with E-state index in [1.165, 1.54) is 12.6 Å². The number of nitrogens with zero attached hydrogens (tertiary/aromatic N) is 2. The molecule has 3 rings (SSSR count). The average molecular weight is 176 g/mol. The lowest BCUT2D eigenvalue weighted by atomic mass is 10.4. The molecule has 1 saturated carbocycles. The second-order valence-electron chi connectivity index (χ2n) is 3.84. The molecule has 67 valence electrons. The Balaban J connectivity index is 1.88. The molecule has 1 aliphatic carbocycles. The number of aromatic amines is 1. The minimum absolute atomic E-state index is 0.189. The van der Waals surface area contributed by atoms with Crippen molar-refractivity contribution in [1.82, 2.24) is 9.97 Å². The summed E-state index contributed by atoms with van der Waals surface area (Å²) in [6, 6.07) is 2.47. The Bertz CT molecular complexity index is 376. The number of hydrogen-bond acceptors (Lipinski definition) is 3. The van der Waals surface area contributed by atoms with E-state index in [0.717, 1.165) is 24.9 Å². The topological polar surface area (TPSA) is 49.0 Å². The smallest absolute Gasteiger partial charge is 0.260 e. The summed E-state index contributed by atoms with van der Waals surface area (Å²) in [5.41, 5.74) is -0.189. The van der Waals surface area contributed by atoms with Crippen LogP contribution in [0.2, 0.25) is 0 Å². The van der Waals surface area contributed by atoms with Crippen LogP contribution in [0.4, 0.5) is 5.95 Å². The molecule has 4 nitrogen and oxygen atoms in total. The highest BCUT2D eigenvalue weighted by atomic mass is 16.1. The lowest BCUT2D eigenvalue weighted by Crippen LogP contribution is -2.26. The lowest BCUT2D eigenvalue weighted by Gasteiger charge is -2.17. The molecule has 2 heterocycles. The predicted octanol–water partition coefficient (Wildman–Crippen LogP) is 0.0262. The molecule has 1 radical (unpaired) electrons. The standard InChI is InChI=1S/C9H10N3O/c13-8-1-2-10-9(11-8)12-4-6-3-7(6)5-12/h2,6-7H,3-5H2,(H,10,11,13). The summed E-state index contributed by atoms with van der Waals surface area (Å²) in [6.07, 6.45) is 2.80. The summed E-state index contributed by atoms with van der Waals surface area (Å²) < 4.78 is 0. The lowest BCUT2D eigenvalue weighted by molar-refractivity contribution is 0.783. The number of nitrogens with one attached hydrogen (secondary N) is 1. The number of aromatic nitrogens is 2. The number of H-pyrrole nitrogens is 1. The molecule has 4 heteroatoms. The third kappa shape index (κ3) is 1.13. The fourth-order valence-electron chi connectivity index (χ4n) is 2.05. The number of fused-ring (bicyclic) bond motifs is 1. The number of anilines is 1. The van der Waals surface area contributed by atoms with Crippen LogP contribution in [0.15, 0.2) is 11.0 Å². The van der Waals surface area contributed by atoms with E-state index in [9.17, 15) is 4.79 Å². The van der Waals surface area contributed by atoms with E-state index < -0.39 is 0 Å². The SMILES string of the molecule is O=c1[c]cnc(N2CC3CC3C2)[nH]1. The third-order valence-corrected chi connectivity index (χ3v) is 2.89. The third-order valence-electron chi connectivity index (χ3n) is 2.89. The number of piperidine rings is 1. The van der Waals surface area contributed by atoms with E-state index >= 15 is 0 Å². The van der Waals surface area contributed by atoms with Crippen molar-refractivity contribution in [2.75, 3.05) is 18.0 Å². The first kappa shape index (κ1) is 7.12. The van der Waals surface area contributed by atoms with Crippen LogP contribution in [-0.4, -0.2) is 23.1 Å². The molecule has 2 unspecified atom stereocenters. The van der Waals surface area contributed by atoms with Gasteiger partial charge in [0.25, 0.3) is 5.56 Å². The molecule has 2 fully saturated rings. The van der Waals surface area contributed by atoms with Crippen molar-refractivity contribution in [3.8, 4) is 0 Å². The van der Waals surface area contributed by atoms with Gasteiger partial charge in [-0.2, -0.15) is 0 Å². The summed E-state index contributed by atoms with van der Waals surface area (Å²) >= 11 is 0. The van der Waals surface area contributed by atoms with E-state index in [-0.39, 0.29) is 5.56 Å². The highest BCUT2D eigenvalue weighted by Gasteiger charge is 2.45. The first-order valence-corrected chi connectivity index (χ1v) is 4.55. The maximum absolute atomic E-state index is 11.0. The van der Waals surface area contributed by atoms with Crippen LogP contribution in [0.25, 0.3) is 0 Å². The van der Waals surface area contributed by atoms with E-state index in [2.05, 4.69) is 20.9 Å². The summed E-state index contributed by atoms with van der Waals surface area (Å²) in [6.45, 7) is 2.11. The Morgan fingerprint density at radius 3 is 3.00 bits per heavy atom. The van der Waals surface area contributed by atoms with Crippen molar-refractivity contribution >= 4 is 5.95 Å². The van der Waals surface area contributed by atoms with Gasteiger partial charge in [-0.1, -0.05) is 0 Å². The second-order valence-corrected chi connectivity index (χ2v) is 3.84. The monoisotopic (exact) mass is 176 g/mol. The molecule has 2 atom stereocenters. The molecule has 13 heavy (non-hydrogen) atoms. The summed E-state index contributed by atoms with van der Waals surface area (Å²) in [7, 11) is 0. The molecule has 1 N–H and O–H groups in total. The fourth-order valence-corrected chi connectivity index (χ4v) is 2.05. The minimum Gasteiger partial charge on any atom is -0.342 e. The maximum Gasteiger partial charge on any atom is 0.260 e. The van der Waals surface area contributed by atoms with E-state index in [0.29, 0.717) is 5.95 Å². The van der Waals surface area contributed by atoms with Crippen molar-refractivity contribution in [3.63, 3.8) is 0 Å². The molecular formula is C9H10N3O. The van der Waals surface area contributed by atoms with E-state index in [1.807, 2.05) is 0 Å². The first-order valence-electron chi connectivity index (χ1n) is 4.55. The second kappa shape index (κ2) is 2.34. The zero-order chi connectivity index (χ0) is 8.84. The van der Waals surface area contributed by atoms with Crippen LogP contribution in [0.5, 0.6) is 0 Å². The zero-order valence-electron chi connectivity index (χ0n) is 7.16. The molecular weight excluding hydrogens is 166 g/mol. The quantitative estimate of drug-likeness (QED) is 0.656. The van der Waals surface area contributed by atoms with Gasteiger partial charge in [-0.15, -0.1) is 0 Å². The normalized spacial score (nSPS) is 30.3. The first-order chi connectivity index (χ1) is 6.33. The van der Waals surface area contributed by atoms with Crippen LogP contribution in [0, 0.1) is 17.9 Å². The molecule has 1 saturated heterocycles. The van der Waals surface area contributed by atoms with Crippen molar-refractivity contribution in [2.24, 2.45) is 11.8 Å². The van der Waals surface area contributed by atoms with Gasteiger partial charge in [0, 0.05) is 19.3 Å². The Morgan fingerprint density at radius 1 is 1.54 bits per heavy atom. The van der Waals surface area contributed by atoms with Crippen LogP contribution >= 0.6 is 0 Å². The van der Waals surface area contributed by atoms with E-state index in [4.69, 9.17) is 0 Å². The van der Waals surface area contributed by atoms with Gasteiger partial charge in [-0.05, 0) is 18.3 Å². The molecule has 0 aromatic carbocycles. The Hall–Kier alpha value is -1.32. The van der Waals surface area contributed by atoms with Crippen LogP contribution in [-0.2, 0) is 0 Å². The zero-order valence-corrected chi connectivity index (χ0v) is 7.16. The van der Waals surface area contributed by atoms with Crippen LogP contribution in [0.1, 0.15) is 6.42 Å². The number of rotatable bonds is 1. The van der Waals surface area contributed by atoms with Crippen LogP contribution in [0.3, 0.4) is 0 Å². The van der Waals surface area contributed by atoms with Gasteiger partial charge in [0.05, 0.1) is 6.07 Å². The van der Waals surface area contributed by atoms with Crippen molar-refractivity contribution in [1.29, 1.82) is 0 Å². The highest BCUT2D eigenvalue weighted by molar-refractivity contribution is 5.33. The summed E-state index contributed by atoms with van der Waals surface area (Å²) in [5.74, 6) is 2.42. The predicted molar refractivity (Wildman–Crippen MR) is 47.5 cm³/mol. The molecule has 0 amide bonds. The average Bonchev–Trinajstić information content (AvgIpc) is 2.74. The van der Waals surface area contributed by atoms with Crippen molar-refractivity contribution < 1.29 is 0 Å². The Morgan fingerprint density at radius 2 is 2.31 bits per heavy atom. The maximum atomic E-state index is 11.0. The van der Waals surface area contributed by atoms with E-state index in [1.54, 1.807) is 0 Å². The highest BCUT2D eigenvalue weighted by Crippen LogP contribution is 2.45. The molecule has 1 aromatic rings. The van der Waals surface area contributed by atoms with Gasteiger partial charge in [0.1, 0.15) is 0 Å². The summed E-state index contributed by atoms with van der Waals surface area (Å²) in [5, 5.41) is 0. The van der Waals surface area contributed by atoms with Gasteiger partial charge in [-0.25, -0.2) is 4.98 Å². The molecule has 0 spiro atoms. The van der Waals surface area contributed by atoms with Crippen LogP contribution < -0.4 is 10.5 Å². The van der Waals surface area contributed by atoms with Gasteiger partial charge in [0.15, 0.2) is 0 Å². The summed E-state index contributed by atoms with van der Waals surface area (Å²) in [4.78, 5) is 19.9. The Labute approximate surface area is 75.6 Å². The van der Waals surface area contributed by atoms with Gasteiger partial charge >= 0.3 is 0 Å². The fraction of sp³-hybridized carbons (Fsp3) is 0.556. The van der Waals surface area contributed by atoms with Crippen molar-refractivity contribution in [3.05, 3.63) is 22.6 Å². The molecule has 1 aliphatic heterocycles. The van der Waals surface area contributed by atoms with Crippen molar-refractivity contribution in [2.45, 2.75) is 6.42 Å². The molecule has 1 aromatic heterocycles. The Kier molecular flexibility index (Phi) is 1.28.